The van der Waals surface area contributed by atoms with Crippen LogP contribution < -0.4 is 0 Å². The zero-order chi connectivity index (χ0) is 8.43. The fourth-order valence-corrected chi connectivity index (χ4v) is 0.861. The molecule has 0 radical (unpaired) electrons. The Hall–Kier alpha value is -1.16. The fourth-order valence-electron chi connectivity index (χ4n) is 0.861. The highest BCUT2D eigenvalue weighted by Crippen LogP contribution is 2.16. The van der Waals surface area contributed by atoms with Gasteiger partial charge in [0.25, 0.3) is 0 Å². The SMILES string of the molecule is CC(=O)OC1=CC(=O)[C@@H](O)C1. The number of rotatable bonds is 1. The van der Waals surface area contributed by atoms with Crippen molar-refractivity contribution < 1.29 is 19.4 Å². The normalized spacial score (nSPS) is 23.3. The van der Waals surface area contributed by atoms with Gasteiger partial charge in [0.05, 0.1) is 0 Å². The van der Waals surface area contributed by atoms with Crippen LogP contribution in [0.25, 0.3) is 0 Å². The summed E-state index contributed by atoms with van der Waals surface area (Å²) < 4.78 is 4.59. The summed E-state index contributed by atoms with van der Waals surface area (Å²) >= 11 is 0. The average molecular weight is 156 g/mol. The van der Waals surface area contributed by atoms with E-state index in [1.807, 2.05) is 0 Å². The molecular formula is C7H8O4. The van der Waals surface area contributed by atoms with Crippen LogP contribution in [0.3, 0.4) is 0 Å². The van der Waals surface area contributed by atoms with Crippen LogP contribution in [0.1, 0.15) is 13.3 Å². The van der Waals surface area contributed by atoms with E-state index in [0.29, 0.717) is 0 Å². The lowest BCUT2D eigenvalue weighted by Crippen LogP contribution is -2.11. The number of ether oxygens (including phenoxy) is 1. The lowest BCUT2D eigenvalue weighted by Gasteiger charge is -2.00. The molecule has 4 heteroatoms. The molecule has 1 aliphatic rings. The van der Waals surface area contributed by atoms with Gasteiger partial charge in [-0.3, -0.25) is 9.59 Å². The van der Waals surface area contributed by atoms with E-state index in [1.54, 1.807) is 0 Å². The van der Waals surface area contributed by atoms with Crippen LogP contribution >= 0.6 is 0 Å². The summed E-state index contributed by atoms with van der Waals surface area (Å²) in [5, 5.41) is 8.89. The molecule has 0 heterocycles. The molecule has 60 valence electrons. The van der Waals surface area contributed by atoms with E-state index in [4.69, 9.17) is 5.11 Å². The number of hydrogen-bond donors (Lipinski definition) is 1. The molecule has 0 unspecified atom stereocenters. The van der Waals surface area contributed by atoms with Crippen molar-refractivity contribution in [2.24, 2.45) is 0 Å². The van der Waals surface area contributed by atoms with Crippen molar-refractivity contribution in [1.29, 1.82) is 0 Å². The molecule has 1 aliphatic carbocycles. The van der Waals surface area contributed by atoms with E-state index in [0.717, 1.165) is 6.08 Å². The van der Waals surface area contributed by atoms with Crippen molar-refractivity contribution in [1.82, 2.24) is 0 Å². The Kier molecular flexibility index (Phi) is 2.05. The third-order valence-corrected chi connectivity index (χ3v) is 1.30. The molecule has 0 fully saturated rings. The van der Waals surface area contributed by atoms with Gasteiger partial charge in [0.1, 0.15) is 11.9 Å². The Bertz CT molecular complexity index is 229. The van der Waals surface area contributed by atoms with E-state index in [9.17, 15) is 9.59 Å². The molecule has 0 saturated carbocycles. The smallest absolute Gasteiger partial charge is 0.307 e. The van der Waals surface area contributed by atoms with Crippen molar-refractivity contribution in [2.45, 2.75) is 19.4 Å². The molecular weight excluding hydrogens is 148 g/mol. The van der Waals surface area contributed by atoms with Gasteiger partial charge in [-0.05, 0) is 0 Å². The molecule has 1 rings (SSSR count). The fraction of sp³-hybridized carbons (Fsp3) is 0.429. The molecule has 0 amide bonds. The van der Waals surface area contributed by atoms with Crippen LogP contribution in [0, 0.1) is 0 Å². The van der Waals surface area contributed by atoms with Gasteiger partial charge in [-0.25, -0.2) is 0 Å². The Labute approximate surface area is 63.5 Å². The zero-order valence-corrected chi connectivity index (χ0v) is 6.03. The van der Waals surface area contributed by atoms with Crippen LogP contribution in [0.2, 0.25) is 0 Å². The maximum atomic E-state index is 10.6. The number of aliphatic hydroxyl groups excluding tert-OH is 1. The minimum atomic E-state index is -1.02. The van der Waals surface area contributed by atoms with E-state index in [-0.39, 0.29) is 12.2 Å². The maximum absolute atomic E-state index is 10.6. The van der Waals surface area contributed by atoms with Crippen molar-refractivity contribution in [2.75, 3.05) is 0 Å². The molecule has 0 aromatic heterocycles. The van der Waals surface area contributed by atoms with Gasteiger partial charge < -0.3 is 9.84 Å². The highest BCUT2D eigenvalue weighted by molar-refractivity contribution is 5.96. The van der Waals surface area contributed by atoms with Crippen molar-refractivity contribution in [3.63, 3.8) is 0 Å². The van der Waals surface area contributed by atoms with Crippen molar-refractivity contribution in [3.05, 3.63) is 11.8 Å². The average Bonchev–Trinajstić information content (AvgIpc) is 2.10. The number of aliphatic hydroxyl groups is 1. The van der Waals surface area contributed by atoms with Gasteiger partial charge in [-0.2, -0.15) is 0 Å². The predicted octanol–water partition coefficient (Wildman–Crippen LogP) is -0.233. The molecule has 1 atom stereocenters. The summed E-state index contributed by atoms with van der Waals surface area (Å²) in [4.78, 5) is 21.0. The van der Waals surface area contributed by atoms with E-state index < -0.39 is 17.9 Å². The van der Waals surface area contributed by atoms with Crippen molar-refractivity contribution >= 4 is 11.8 Å². The van der Waals surface area contributed by atoms with Crippen LogP contribution in [0.4, 0.5) is 0 Å². The topological polar surface area (TPSA) is 63.6 Å². The van der Waals surface area contributed by atoms with Gasteiger partial charge in [-0.15, -0.1) is 0 Å². The summed E-state index contributed by atoms with van der Waals surface area (Å²) in [7, 11) is 0. The van der Waals surface area contributed by atoms with Crippen LogP contribution in [0.5, 0.6) is 0 Å². The second-order valence-electron chi connectivity index (χ2n) is 2.33. The van der Waals surface area contributed by atoms with Crippen LogP contribution in [-0.4, -0.2) is 23.0 Å². The molecule has 1 N–H and O–H groups in total. The highest BCUT2D eigenvalue weighted by atomic mass is 16.5. The quantitative estimate of drug-likeness (QED) is 0.532. The summed E-state index contributed by atoms with van der Waals surface area (Å²) in [5.74, 6) is -0.630. The minimum absolute atomic E-state index is 0.110. The second-order valence-corrected chi connectivity index (χ2v) is 2.33. The Morgan fingerprint density at radius 3 is 2.82 bits per heavy atom. The van der Waals surface area contributed by atoms with Gasteiger partial charge in [0.2, 0.25) is 0 Å². The maximum Gasteiger partial charge on any atom is 0.307 e. The Morgan fingerprint density at radius 2 is 2.45 bits per heavy atom. The third-order valence-electron chi connectivity index (χ3n) is 1.30. The van der Waals surface area contributed by atoms with Crippen molar-refractivity contribution in [3.8, 4) is 0 Å². The number of carbonyl (C=O) groups is 2. The molecule has 0 saturated heterocycles. The zero-order valence-electron chi connectivity index (χ0n) is 6.03. The number of ketones is 1. The number of carbonyl (C=O) groups excluding carboxylic acids is 2. The first kappa shape index (κ1) is 7.94. The van der Waals surface area contributed by atoms with E-state index in [2.05, 4.69) is 4.74 Å². The molecule has 0 spiro atoms. The largest absolute Gasteiger partial charge is 0.431 e. The summed E-state index contributed by atoms with van der Waals surface area (Å²) in [5.41, 5.74) is 0. The predicted molar refractivity (Wildman–Crippen MR) is 35.5 cm³/mol. The second kappa shape index (κ2) is 2.84. The Morgan fingerprint density at radius 1 is 1.82 bits per heavy atom. The molecule has 0 aromatic rings. The standard InChI is InChI=1S/C7H8O4/c1-4(8)11-5-2-6(9)7(10)3-5/h2,7,10H,3H2,1H3/t7-/m0/s1. The van der Waals surface area contributed by atoms with E-state index in [1.165, 1.54) is 6.92 Å². The summed E-state index contributed by atoms with van der Waals surface area (Å²) in [6, 6.07) is 0. The first-order valence-electron chi connectivity index (χ1n) is 3.20. The van der Waals surface area contributed by atoms with Crippen LogP contribution in [0.15, 0.2) is 11.8 Å². The molecule has 11 heavy (non-hydrogen) atoms. The molecule has 4 nitrogen and oxygen atoms in total. The molecule has 0 aliphatic heterocycles. The minimum Gasteiger partial charge on any atom is -0.431 e. The lowest BCUT2D eigenvalue weighted by atomic mass is 10.3. The first-order valence-corrected chi connectivity index (χ1v) is 3.20. The number of esters is 1. The van der Waals surface area contributed by atoms with Crippen LogP contribution in [-0.2, 0) is 14.3 Å². The summed E-state index contributed by atoms with van der Waals surface area (Å²) in [6.07, 6.45) is 0.231. The first-order chi connectivity index (χ1) is 5.09. The lowest BCUT2D eigenvalue weighted by molar-refractivity contribution is -0.137. The third kappa shape index (κ3) is 1.88. The summed E-state index contributed by atoms with van der Waals surface area (Å²) in [6.45, 7) is 1.25. The number of hydrogen-bond acceptors (Lipinski definition) is 4. The van der Waals surface area contributed by atoms with Gasteiger partial charge >= 0.3 is 5.97 Å². The molecule has 0 aromatic carbocycles. The van der Waals surface area contributed by atoms with Gasteiger partial charge in [-0.1, -0.05) is 0 Å². The van der Waals surface area contributed by atoms with Gasteiger partial charge in [0, 0.05) is 19.4 Å². The van der Waals surface area contributed by atoms with Gasteiger partial charge in [0.15, 0.2) is 5.78 Å². The molecule has 0 bridgehead atoms. The van der Waals surface area contributed by atoms with E-state index >= 15 is 0 Å². The monoisotopic (exact) mass is 156 g/mol. The Balaban J connectivity index is 2.57. The highest BCUT2D eigenvalue weighted by Gasteiger charge is 2.24.